The monoisotopic (exact) mass is 587 g/mol. The Labute approximate surface area is 293 Å². The van der Waals surface area contributed by atoms with Crippen LogP contribution in [0.3, 0.4) is 0 Å². The highest BCUT2D eigenvalue weighted by atomic mass is 15.0. The van der Waals surface area contributed by atoms with Gasteiger partial charge < -0.3 is 9.13 Å². The molecule has 0 atom stereocenters. The van der Waals surface area contributed by atoms with E-state index in [1.165, 1.54) is 0 Å². The topological polar surface area (TPSA) is 9.86 Å². The van der Waals surface area contributed by atoms with E-state index in [0.717, 1.165) is 15.2 Å². The Kier molecular flexibility index (Phi) is 2.20. The zero-order valence-electron chi connectivity index (χ0n) is 49.0. The number of fused-ring (bicyclic) bond motifs is 6. The number of benzene rings is 7. The molecule has 0 spiro atoms. The Morgan fingerprint density at radius 3 is 1.43 bits per heavy atom. The molecule has 2 heteroatoms. The molecule has 0 aliphatic carbocycles. The molecular weight excluding hydrogens is 532 g/mol. The Hall–Kier alpha value is -5.86. The Bertz CT molecular complexity index is 3930. The predicted octanol–water partition coefficient (Wildman–Crippen LogP) is 11.2. The van der Waals surface area contributed by atoms with E-state index < -0.39 is 240 Å². The van der Waals surface area contributed by atoms with Gasteiger partial charge >= 0.3 is 0 Å². The second-order valence-electron chi connectivity index (χ2n) is 9.34. The summed E-state index contributed by atoms with van der Waals surface area (Å²) in [5.74, 6) is 0. The molecule has 7 aromatic carbocycles. The lowest BCUT2D eigenvalue weighted by molar-refractivity contribution is 1.18. The molecule has 9 rings (SSSR count). The van der Waals surface area contributed by atoms with Crippen molar-refractivity contribution in [2.24, 2.45) is 0 Å². The fourth-order valence-electron chi connectivity index (χ4n) is 5.07. The zero-order chi connectivity index (χ0) is 52.5. The van der Waals surface area contributed by atoms with Gasteiger partial charge in [0.25, 0.3) is 0 Å². The number of hydrogen-bond acceptors (Lipinski definition) is 0. The van der Waals surface area contributed by atoms with E-state index in [-0.39, 0.29) is 0 Å². The quantitative estimate of drug-likeness (QED) is 0.194. The van der Waals surface area contributed by atoms with Crippen LogP contribution in [-0.4, -0.2) is 9.13 Å². The number of aromatic nitrogens is 2. The molecule has 44 heavy (non-hydrogen) atoms. The summed E-state index contributed by atoms with van der Waals surface area (Å²) in [5, 5.41) is -2.03. The van der Waals surface area contributed by atoms with Crippen LogP contribution in [0, 0.1) is 0 Å². The highest BCUT2D eigenvalue weighted by molar-refractivity contribution is 6.12. The van der Waals surface area contributed by atoms with Crippen molar-refractivity contribution in [2.75, 3.05) is 0 Å². The highest BCUT2D eigenvalue weighted by Crippen LogP contribution is 2.38. The standard InChI is InChI=1S/C42H28N2/c1-3-11-29(12-4-1)30-19-23-34(24-20-30)44-40-18-10-8-16-36(40)38-28-32(22-26-42(38)44)31-21-25-41-37(27-31)35-15-7-9-17-39(35)43(41)33-13-5-2-6-14-33/h1-28H/i1D,2D,3D,4D,5D,6D,7D,8D,9D,10D,11D,12D,13D,14D,15D,16D,17D,18D,19D,20D,22D,23D,24D,25D,26D,27D,28D. The summed E-state index contributed by atoms with van der Waals surface area (Å²) in [7, 11) is 0. The van der Waals surface area contributed by atoms with Crippen molar-refractivity contribution < 1.29 is 37.0 Å². The number of rotatable bonds is 4. The Morgan fingerprint density at radius 1 is 0.318 bits per heavy atom. The summed E-state index contributed by atoms with van der Waals surface area (Å²) < 4.78 is 240. The van der Waals surface area contributed by atoms with Crippen LogP contribution in [0.5, 0.6) is 0 Å². The lowest BCUT2D eigenvalue weighted by Gasteiger charge is -2.10. The molecule has 2 heterocycles. The second-order valence-corrected chi connectivity index (χ2v) is 9.34. The molecule has 0 aliphatic rings. The van der Waals surface area contributed by atoms with Gasteiger partial charge in [0.2, 0.25) is 0 Å². The Morgan fingerprint density at radius 2 is 0.773 bits per heavy atom. The van der Waals surface area contributed by atoms with E-state index in [0.29, 0.717) is 0 Å². The predicted molar refractivity (Wildman–Crippen MR) is 186 cm³/mol. The minimum Gasteiger partial charge on any atom is -0.309 e. The first-order valence-corrected chi connectivity index (χ1v) is 12.9. The number of nitrogens with zero attached hydrogens (tertiary/aromatic N) is 2. The summed E-state index contributed by atoms with van der Waals surface area (Å²) in [4.78, 5) is 0. The third-order valence-corrected chi connectivity index (χ3v) is 6.94. The first-order valence-electron chi connectivity index (χ1n) is 26.4. The number of para-hydroxylation sites is 3. The smallest absolute Gasteiger partial charge is 0.0645 e. The third kappa shape index (κ3) is 3.82. The van der Waals surface area contributed by atoms with E-state index in [1.807, 2.05) is 0 Å². The molecule has 0 bridgehead atoms. The first-order chi connectivity index (χ1) is 33.1. The average Bonchev–Trinajstić information content (AvgIpc) is 3.88. The van der Waals surface area contributed by atoms with Gasteiger partial charge in [0.1, 0.15) is 0 Å². The molecule has 0 unspecified atom stereocenters. The van der Waals surface area contributed by atoms with Crippen LogP contribution in [0.25, 0.3) is 77.2 Å². The molecule has 206 valence electrons. The molecule has 0 fully saturated rings. The normalized spacial score (nSPS) is 20.2. The van der Waals surface area contributed by atoms with Crippen LogP contribution < -0.4 is 0 Å². The molecule has 0 N–H and O–H groups in total. The van der Waals surface area contributed by atoms with E-state index in [2.05, 4.69) is 0 Å². The van der Waals surface area contributed by atoms with Gasteiger partial charge in [0.05, 0.1) is 59.1 Å². The summed E-state index contributed by atoms with van der Waals surface area (Å²) in [5.41, 5.74) is -6.23. The molecular formula is C42H28N2. The second kappa shape index (κ2) is 9.86. The fraction of sp³-hybridized carbons (Fsp3) is 0. The molecule has 2 nitrogen and oxygen atoms in total. The van der Waals surface area contributed by atoms with Crippen molar-refractivity contribution in [3.8, 4) is 33.6 Å². The SMILES string of the molecule is [2H]c1c([2H])c([2H])c(-c2c([2H])c([2H])c(-n3c4c([2H])c([2H])c([2H])c([2H])c4c4c([2H])c(-c5cc([2H])c6c(c5[2H])c5c([2H])c([2H])c([2H])c([2H])c5n6-c5c([2H])c([2H])c([2H])c([2H])c5[2H])c([2H])c([2H])c43)c([2H])c2[2H])c([2H])c1[2H]. The van der Waals surface area contributed by atoms with Gasteiger partial charge in [-0.2, -0.15) is 0 Å². The Balaban J connectivity index is 1.46. The maximum Gasteiger partial charge on any atom is 0.0645 e. The van der Waals surface area contributed by atoms with Gasteiger partial charge in [0, 0.05) is 32.9 Å². The van der Waals surface area contributed by atoms with Crippen LogP contribution >= 0.6 is 0 Å². The lowest BCUT2D eigenvalue weighted by atomic mass is 10.0. The maximum atomic E-state index is 9.74. The molecule has 0 saturated carbocycles. The van der Waals surface area contributed by atoms with Gasteiger partial charge in [-0.05, 0) is 82.7 Å². The van der Waals surface area contributed by atoms with Crippen molar-refractivity contribution in [3.05, 3.63) is 169 Å². The van der Waals surface area contributed by atoms with Gasteiger partial charge in [0.15, 0.2) is 0 Å². The van der Waals surface area contributed by atoms with Crippen LogP contribution in [0.1, 0.15) is 37.0 Å². The van der Waals surface area contributed by atoms with Gasteiger partial charge in [-0.3, -0.25) is 0 Å². The molecule has 0 saturated heterocycles. The molecule has 0 amide bonds. The van der Waals surface area contributed by atoms with E-state index in [1.54, 1.807) is 0 Å². The van der Waals surface area contributed by atoms with Gasteiger partial charge in [-0.25, -0.2) is 0 Å². The van der Waals surface area contributed by atoms with Crippen molar-refractivity contribution in [2.45, 2.75) is 0 Å². The van der Waals surface area contributed by atoms with Crippen molar-refractivity contribution in [1.82, 2.24) is 9.13 Å². The average molecular weight is 588 g/mol. The summed E-state index contributed by atoms with van der Waals surface area (Å²) in [6, 6.07) is -22.3. The summed E-state index contributed by atoms with van der Waals surface area (Å²) in [6.45, 7) is 0. The van der Waals surface area contributed by atoms with Crippen LogP contribution in [0.4, 0.5) is 0 Å². The van der Waals surface area contributed by atoms with Crippen molar-refractivity contribution in [3.63, 3.8) is 0 Å². The zero-order valence-corrected chi connectivity index (χ0v) is 22.0. The first kappa shape index (κ1) is 9.83. The van der Waals surface area contributed by atoms with Gasteiger partial charge in [-0.15, -0.1) is 0 Å². The molecule has 9 aromatic rings. The highest BCUT2D eigenvalue weighted by Gasteiger charge is 2.16. The lowest BCUT2D eigenvalue weighted by Crippen LogP contribution is -1.93. The van der Waals surface area contributed by atoms with Crippen LogP contribution in [-0.2, 0) is 0 Å². The van der Waals surface area contributed by atoms with E-state index in [9.17, 15) is 9.60 Å². The third-order valence-electron chi connectivity index (χ3n) is 6.94. The summed E-state index contributed by atoms with van der Waals surface area (Å²) in [6.07, 6.45) is 0. The molecule has 2 aromatic heterocycles. The van der Waals surface area contributed by atoms with Crippen LogP contribution in [0.2, 0.25) is 0 Å². The minimum atomic E-state index is -1.00. The fourth-order valence-corrected chi connectivity index (χ4v) is 5.07. The summed E-state index contributed by atoms with van der Waals surface area (Å²) >= 11 is 0. The van der Waals surface area contributed by atoms with Gasteiger partial charge in [-0.1, -0.05) is 109 Å². The van der Waals surface area contributed by atoms with E-state index >= 15 is 0 Å². The van der Waals surface area contributed by atoms with Crippen molar-refractivity contribution in [1.29, 1.82) is 0 Å². The minimum absolute atomic E-state index is 0.453. The largest absolute Gasteiger partial charge is 0.309 e. The number of hydrogen-bond donors (Lipinski definition) is 0. The van der Waals surface area contributed by atoms with E-state index in [4.69, 9.17) is 27.4 Å². The van der Waals surface area contributed by atoms with Crippen molar-refractivity contribution >= 4 is 43.6 Å². The molecule has 0 aliphatic heterocycles. The molecule has 0 radical (unpaired) electrons. The van der Waals surface area contributed by atoms with Crippen LogP contribution in [0.15, 0.2) is 169 Å². The maximum absolute atomic E-state index is 9.74.